The summed E-state index contributed by atoms with van der Waals surface area (Å²) in [7, 11) is 0. The van der Waals surface area contributed by atoms with Crippen molar-refractivity contribution < 1.29 is 0 Å². The van der Waals surface area contributed by atoms with Crippen LogP contribution in [0.3, 0.4) is 0 Å². The Bertz CT molecular complexity index is 1430. The summed E-state index contributed by atoms with van der Waals surface area (Å²) in [6.07, 6.45) is 3.60. The largest absolute Gasteiger partial charge is 0.318 e. The molecule has 2 heterocycles. The molecule has 0 amide bonds. The van der Waals surface area contributed by atoms with Crippen molar-refractivity contribution >= 4 is 22.7 Å². The van der Waals surface area contributed by atoms with Gasteiger partial charge in [-0.3, -0.25) is 0 Å². The fourth-order valence-corrected chi connectivity index (χ4v) is 6.64. The smallest absolute Gasteiger partial charge is 0.112 e. The zero-order valence-corrected chi connectivity index (χ0v) is 22.8. The molecule has 0 aromatic heterocycles. The van der Waals surface area contributed by atoms with E-state index in [9.17, 15) is 0 Å². The lowest BCUT2D eigenvalue weighted by Gasteiger charge is -2.48. The molecule has 2 aliphatic rings. The molecule has 6 rings (SSSR count). The van der Waals surface area contributed by atoms with Crippen LogP contribution in [0.25, 0.3) is 11.1 Å². The van der Waals surface area contributed by atoms with Crippen LogP contribution in [0.5, 0.6) is 0 Å². The molecule has 1 unspecified atom stereocenters. The Morgan fingerprint density at radius 3 is 1.86 bits per heavy atom. The summed E-state index contributed by atoms with van der Waals surface area (Å²) in [6, 6.07) is 36.1. The van der Waals surface area contributed by atoms with Crippen molar-refractivity contribution in [1.82, 2.24) is 0 Å². The van der Waals surface area contributed by atoms with E-state index < -0.39 is 0 Å². The zero-order chi connectivity index (χ0) is 25.8. The van der Waals surface area contributed by atoms with E-state index in [2.05, 4.69) is 141 Å². The highest BCUT2D eigenvalue weighted by molar-refractivity contribution is 5.94. The average molecular weight is 487 g/mol. The number of nitrogens with zero attached hydrogens (tertiary/aromatic N) is 2. The second-order valence-corrected chi connectivity index (χ2v) is 11.8. The van der Waals surface area contributed by atoms with Gasteiger partial charge >= 0.3 is 0 Å². The van der Waals surface area contributed by atoms with Crippen molar-refractivity contribution in [1.29, 1.82) is 0 Å². The summed E-state index contributed by atoms with van der Waals surface area (Å²) < 4.78 is 0. The van der Waals surface area contributed by atoms with Gasteiger partial charge in [-0.2, -0.15) is 0 Å². The van der Waals surface area contributed by atoms with E-state index in [0.29, 0.717) is 0 Å². The van der Waals surface area contributed by atoms with Gasteiger partial charge in [0.2, 0.25) is 0 Å². The Balaban J connectivity index is 1.61. The third-order valence-corrected chi connectivity index (χ3v) is 8.87. The quantitative estimate of drug-likeness (QED) is 0.283. The monoisotopic (exact) mass is 486 g/mol. The van der Waals surface area contributed by atoms with Crippen molar-refractivity contribution in [2.75, 3.05) is 9.80 Å². The molecular weight excluding hydrogens is 448 g/mol. The number of hydrogen-bond donors (Lipinski definition) is 0. The minimum absolute atomic E-state index is 0.0991. The fraction of sp³-hybridized carbons (Fsp3) is 0.314. The van der Waals surface area contributed by atoms with Crippen LogP contribution >= 0.6 is 0 Å². The van der Waals surface area contributed by atoms with Crippen LogP contribution in [0.1, 0.15) is 65.0 Å². The molecule has 2 heteroatoms. The van der Waals surface area contributed by atoms with E-state index in [1.165, 1.54) is 45.0 Å². The molecule has 2 aliphatic heterocycles. The first-order chi connectivity index (χ1) is 17.9. The Hall–Kier alpha value is -3.52. The second kappa shape index (κ2) is 8.80. The molecule has 1 atom stereocenters. The van der Waals surface area contributed by atoms with Gasteiger partial charge in [0.1, 0.15) is 6.17 Å². The fourth-order valence-electron chi connectivity index (χ4n) is 6.64. The molecule has 0 saturated carbocycles. The Morgan fingerprint density at radius 2 is 1.24 bits per heavy atom. The summed E-state index contributed by atoms with van der Waals surface area (Å²) in [5, 5.41) is 0. The Labute approximate surface area is 222 Å². The van der Waals surface area contributed by atoms with Crippen LogP contribution in [0, 0.1) is 0 Å². The van der Waals surface area contributed by atoms with Crippen LogP contribution in [-0.4, -0.2) is 6.17 Å². The minimum atomic E-state index is 0.0991. The highest BCUT2D eigenvalue weighted by Crippen LogP contribution is 2.58. The molecule has 0 bridgehead atoms. The minimum Gasteiger partial charge on any atom is -0.318 e. The predicted molar refractivity (Wildman–Crippen MR) is 158 cm³/mol. The normalized spacial score (nSPS) is 17.8. The summed E-state index contributed by atoms with van der Waals surface area (Å²) in [6.45, 7) is 11.7. The Morgan fingerprint density at radius 1 is 0.676 bits per heavy atom. The standard InChI is InChI=1S/C35H38N2/c1-6-35(7-2)24-33-36(29-18-12-11-17-27(29)25-15-9-8-10-16-25)30-19-13-14-20-31(30)37(33)32-23-26(34(3,4)5)21-22-28(32)35/h8-23,33H,6-7,24H2,1-5H3. The van der Waals surface area contributed by atoms with Gasteiger partial charge in [-0.1, -0.05) is 107 Å². The molecule has 37 heavy (non-hydrogen) atoms. The number of anilines is 4. The topological polar surface area (TPSA) is 6.48 Å². The third-order valence-electron chi connectivity index (χ3n) is 8.87. The van der Waals surface area contributed by atoms with E-state index >= 15 is 0 Å². The van der Waals surface area contributed by atoms with E-state index in [1.807, 2.05) is 0 Å². The maximum atomic E-state index is 2.64. The highest BCUT2D eigenvalue weighted by atomic mass is 15.4. The van der Waals surface area contributed by atoms with E-state index in [0.717, 1.165) is 19.3 Å². The second-order valence-electron chi connectivity index (χ2n) is 11.8. The van der Waals surface area contributed by atoms with E-state index in [1.54, 1.807) is 0 Å². The molecule has 0 N–H and O–H groups in total. The molecule has 2 nitrogen and oxygen atoms in total. The average Bonchev–Trinajstić information content (AvgIpc) is 3.26. The van der Waals surface area contributed by atoms with Crippen LogP contribution in [0.2, 0.25) is 0 Å². The van der Waals surface area contributed by atoms with Gasteiger partial charge in [-0.25, -0.2) is 0 Å². The number of fused-ring (bicyclic) bond motifs is 5. The first-order valence-corrected chi connectivity index (χ1v) is 13.8. The first-order valence-electron chi connectivity index (χ1n) is 13.8. The highest BCUT2D eigenvalue weighted by Gasteiger charge is 2.49. The number of benzene rings is 4. The molecule has 0 aliphatic carbocycles. The summed E-state index contributed by atoms with van der Waals surface area (Å²) >= 11 is 0. The number of hydrogen-bond acceptors (Lipinski definition) is 2. The zero-order valence-electron chi connectivity index (χ0n) is 22.8. The Kier molecular flexibility index (Phi) is 5.67. The number of para-hydroxylation sites is 3. The SMILES string of the molecule is CCC1(CC)CC2N(c3ccccc3-c3ccccc3)c3ccccc3N2c2cc(C(C)(C)C)ccc21. The third kappa shape index (κ3) is 3.69. The van der Waals surface area contributed by atoms with Gasteiger partial charge in [0, 0.05) is 16.7 Å². The van der Waals surface area contributed by atoms with E-state index in [4.69, 9.17) is 0 Å². The maximum absolute atomic E-state index is 2.64. The molecule has 4 aromatic rings. The van der Waals surface area contributed by atoms with Gasteiger partial charge in [-0.05, 0) is 65.6 Å². The van der Waals surface area contributed by atoms with Crippen molar-refractivity contribution in [2.24, 2.45) is 0 Å². The molecule has 0 radical (unpaired) electrons. The lowest BCUT2D eigenvalue weighted by atomic mass is 9.68. The van der Waals surface area contributed by atoms with Crippen LogP contribution in [0.4, 0.5) is 22.7 Å². The summed E-state index contributed by atoms with van der Waals surface area (Å²) in [4.78, 5) is 5.27. The first kappa shape index (κ1) is 23.9. The molecule has 188 valence electrons. The summed E-state index contributed by atoms with van der Waals surface area (Å²) in [5.41, 5.74) is 11.0. The van der Waals surface area contributed by atoms with Crippen molar-refractivity contribution in [2.45, 2.75) is 70.9 Å². The van der Waals surface area contributed by atoms with Gasteiger partial charge in [0.15, 0.2) is 0 Å². The van der Waals surface area contributed by atoms with Crippen LogP contribution in [-0.2, 0) is 10.8 Å². The maximum Gasteiger partial charge on any atom is 0.112 e. The van der Waals surface area contributed by atoms with Crippen LogP contribution < -0.4 is 9.80 Å². The predicted octanol–water partition coefficient (Wildman–Crippen LogP) is 9.73. The molecule has 4 aromatic carbocycles. The molecule has 0 spiro atoms. The summed E-state index contributed by atoms with van der Waals surface area (Å²) in [5.74, 6) is 0. The molecule has 0 fully saturated rings. The van der Waals surface area contributed by atoms with Gasteiger partial charge in [0.05, 0.1) is 17.1 Å². The van der Waals surface area contributed by atoms with Gasteiger partial charge in [-0.15, -0.1) is 0 Å². The van der Waals surface area contributed by atoms with Gasteiger partial charge in [0.25, 0.3) is 0 Å². The van der Waals surface area contributed by atoms with Crippen molar-refractivity contribution in [3.8, 4) is 11.1 Å². The van der Waals surface area contributed by atoms with Crippen molar-refractivity contribution in [3.63, 3.8) is 0 Å². The van der Waals surface area contributed by atoms with Gasteiger partial charge < -0.3 is 9.80 Å². The van der Waals surface area contributed by atoms with E-state index in [-0.39, 0.29) is 17.0 Å². The van der Waals surface area contributed by atoms with Crippen molar-refractivity contribution in [3.05, 3.63) is 108 Å². The molecular formula is C35H38N2. The van der Waals surface area contributed by atoms with Crippen LogP contribution in [0.15, 0.2) is 97.1 Å². The molecule has 0 saturated heterocycles. The lowest BCUT2D eigenvalue weighted by molar-refractivity contribution is 0.322. The number of rotatable bonds is 4. The lowest BCUT2D eigenvalue weighted by Crippen LogP contribution is -2.49.